The maximum absolute atomic E-state index is 12.7. The molecule has 5 heteroatoms. The lowest BCUT2D eigenvalue weighted by Crippen LogP contribution is -2.24. The highest BCUT2D eigenvalue weighted by atomic mass is 16.6. The molecule has 1 heterocycles. The number of fused-ring (bicyclic) bond motifs is 1. The number of benzene rings is 2. The Morgan fingerprint density at radius 2 is 1.86 bits per heavy atom. The van der Waals surface area contributed by atoms with Crippen molar-refractivity contribution < 1.29 is 9.53 Å². The zero-order valence-electron chi connectivity index (χ0n) is 17.8. The summed E-state index contributed by atoms with van der Waals surface area (Å²) >= 11 is 0. The molecule has 29 heavy (non-hydrogen) atoms. The number of hydrogen-bond donors (Lipinski definition) is 1. The minimum Gasteiger partial charge on any atom is -0.456 e. The molecule has 3 aromatic rings. The van der Waals surface area contributed by atoms with Gasteiger partial charge in [-0.1, -0.05) is 38.1 Å². The summed E-state index contributed by atoms with van der Waals surface area (Å²) < 4.78 is 5.60. The Morgan fingerprint density at radius 3 is 2.59 bits per heavy atom. The molecule has 0 amide bonds. The first-order valence-electron chi connectivity index (χ1n) is 10.1. The number of nitrogens with one attached hydrogen (secondary N) is 1. The molecule has 1 N–H and O–H groups in total. The fourth-order valence-corrected chi connectivity index (χ4v) is 3.09. The number of carbonyl (C=O) groups is 1. The summed E-state index contributed by atoms with van der Waals surface area (Å²) in [7, 11) is 0. The van der Waals surface area contributed by atoms with Crippen molar-refractivity contribution >= 4 is 22.7 Å². The normalized spacial score (nSPS) is 11.7. The number of rotatable bonds is 6. The highest BCUT2D eigenvalue weighted by Crippen LogP contribution is 2.30. The molecule has 0 saturated heterocycles. The molecule has 1 aromatic heterocycles. The van der Waals surface area contributed by atoms with Crippen molar-refractivity contribution in [1.82, 2.24) is 9.97 Å². The van der Waals surface area contributed by atoms with Crippen LogP contribution in [0.25, 0.3) is 22.0 Å². The van der Waals surface area contributed by atoms with Gasteiger partial charge in [-0.2, -0.15) is 0 Å². The zero-order chi connectivity index (χ0) is 21.0. The molecule has 3 rings (SSSR count). The number of hydrogen-bond acceptors (Lipinski definition) is 5. The summed E-state index contributed by atoms with van der Waals surface area (Å²) in [6.45, 7) is 10.9. The molecular weight excluding hydrogens is 362 g/mol. The van der Waals surface area contributed by atoms with Crippen molar-refractivity contribution in [1.29, 1.82) is 0 Å². The van der Waals surface area contributed by atoms with E-state index < -0.39 is 5.60 Å². The first kappa shape index (κ1) is 20.8. The van der Waals surface area contributed by atoms with Gasteiger partial charge in [0.1, 0.15) is 17.7 Å². The predicted molar refractivity (Wildman–Crippen MR) is 118 cm³/mol. The Hall–Kier alpha value is -2.95. The second-order valence-corrected chi connectivity index (χ2v) is 8.61. The van der Waals surface area contributed by atoms with Gasteiger partial charge in [0.2, 0.25) is 0 Å². The summed E-state index contributed by atoms with van der Waals surface area (Å²) in [5, 5.41) is 4.36. The monoisotopic (exact) mass is 391 g/mol. The Morgan fingerprint density at radius 1 is 1.10 bits per heavy atom. The fourth-order valence-electron chi connectivity index (χ4n) is 3.09. The maximum Gasteiger partial charge on any atom is 0.339 e. The summed E-state index contributed by atoms with van der Waals surface area (Å²) in [5.41, 5.74) is 2.63. The molecule has 0 unspecified atom stereocenters. The third-order valence-corrected chi connectivity index (χ3v) is 4.51. The minimum atomic E-state index is -0.547. The average molecular weight is 392 g/mol. The van der Waals surface area contributed by atoms with Gasteiger partial charge < -0.3 is 10.1 Å². The Bertz CT molecular complexity index is 1010. The van der Waals surface area contributed by atoms with E-state index in [4.69, 9.17) is 4.74 Å². The van der Waals surface area contributed by atoms with E-state index in [1.54, 1.807) is 12.4 Å². The van der Waals surface area contributed by atoms with Crippen LogP contribution < -0.4 is 5.32 Å². The lowest BCUT2D eigenvalue weighted by atomic mass is 9.98. The van der Waals surface area contributed by atoms with Crippen molar-refractivity contribution in [3.8, 4) is 11.1 Å². The molecule has 0 aliphatic carbocycles. The van der Waals surface area contributed by atoms with E-state index in [1.807, 2.05) is 57.2 Å². The van der Waals surface area contributed by atoms with E-state index in [1.165, 1.54) is 0 Å². The SMILES string of the molecule is CC(C)CCNc1ncnc2ccc(-c3ccccc3C(=O)OC(C)(C)C)cc12. The molecule has 5 nitrogen and oxygen atoms in total. The van der Waals surface area contributed by atoms with Gasteiger partial charge in [-0.3, -0.25) is 0 Å². The van der Waals surface area contributed by atoms with Gasteiger partial charge in [-0.05, 0) is 62.4 Å². The number of anilines is 1. The predicted octanol–water partition coefficient (Wildman–Crippen LogP) is 5.71. The number of carbonyl (C=O) groups excluding carboxylic acids is 1. The van der Waals surface area contributed by atoms with Gasteiger partial charge in [-0.25, -0.2) is 14.8 Å². The topological polar surface area (TPSA) is 64.1 Å². The Labute approximate surface area is 172 Å². The quantitative estimate of drug-likeness (QED) is 0.545. The van der Waals surface area contributed by atoms with Crippen molar-refractivity contribution in [3.05, 3.63) is 54.4 Å². The van der Waals surface area contributed by atoms with Crippen LogP contribution in [0.1, 0.15) is 51.4 Å². The summed E-state index contributed by atoms with van der Waals surface area (Å²) in [6, 6.07) is 13.5. The van der Waals surface area contributed by atoms with Gasteiger partial charge in [0.15, 0.2) is 0 Å². The highest BCUT2D eigenvalue weighted by Gasteiger charge is 2.21. The smallest absolute Gasteiger partial charge is 0.339 e. The van der Waals surface area contributed by atoms with Crippen molar-refractivity contribution in [3.63, 3.8) is 0 Å². The van der Waals surface area contributed by atoms with Crippen LogP contribution in [0.15, 0.2) is 48.8 Å². The van der Waals surface area contributed by atoms with Crippen molar-refractivity contribution in [2.24, 2.45) is 5.92 Å². The van der Waals surface area contributed by atoms with E-state index in [0.717, 1.165) is 40.8 Å². The van der Waals surface area contributed by atoms with Gasteiger partial charge in [-0.15, -0.1) is 0 Å². The maximum atomic E-state index is 12.7. The molecule has 0 spiro atoms. The second kappa shape index (κ2) is 8.60. The van der Waals surface area contributed by atoms with Crippen LogP contribution in [0.2, 0.25) is 0 Å². The van der Waals surface area contributed by atoms with E-state index in [2.05, 4.69) is 29.1 Å². The third kappa shape index (κ3) is 5.31. The van der Waals surface area contributed by atoms with E-state index in [-0.39, 0.29) is 5.97 Å². The molecule has 0 atom stereocenters. The molecular formula is C24H29N3O2. The highest BCUT2D eigenvalue weighted by molar-refractivity contribution is 6.00. The van der Waals surface area contributed by atoms with E-state index in [9.17, 15) is 4.79 Å². The lowest BCUT2D eigenvalue weighted by Gasteiger charge is -2.20. The van der Waals surface area contributed by atoms with Crippen LogP contribution >= 0.6 is 0 Å². The molecule has 0 radical (unpaired) electrons. The van der Waals surface area contributed by atoms with Gasteiger partial charge in [0.25, 0.3) is 0 Å². The average Bonchev–Trinajstić information content (AvgIpc) is 2.66. The van der Waals surface area contributed by atoms with Crippen molar-refractivity contribution in [2.45, 2.75) is 46.6 Å². The molecule has 0 fully saturated rings. The molecule has 152 valence electrons. The standard InChI is InChI=1S/C24H29N3O2/c1-16(2)12-13-25-22-20-14-17(10-11-21(20)26-15-27-22)18-8-6-7-9-19(18)23(28)29-24(3,4)5/h6-11,14-16H,12-13H2,1-5H3,(H,25,26,27). The number of esters is 1. The van der Waals surface area contributed by atoms with Crippen LogP contribution in [0, 0.1) is 5.92 Å². The number of ether oxygens (including phenoxy) is 1. The summed E-state index contributed by atoms with van der Waals surface area (Å²) in [6.07, 6.45) is 2.64. The first-order valence-corrected chi connectivity index (χ1v) is 10.1. The van der Waals surface area contributed by atoms with E-state index in [0.29, 0.717) is 11.5 Å². The molecule has 0 aliphatic heterocycles. The number of aromatic nitrogens is 2. The van der Waals surface area contributed by atoms with Crippen LogP contribution in [0.4, 0.5) is 5.82 Å². The lowest BCUT2D eigenvalue weighted by molar-refractivity contribution is 0.00704. The number of nitrogens with zero attached hydrogens (tertiary/aromatic N) is 2. The Kier molecular flexibility index (Phi) is 6.16. The first-order chi connectivity index (χ1) is 13.7. The minimum absolute atomic E-state index is 0.326. The van der Waals surface area contributed by atoms with Crippen LogP contribution in [0.5, 0.6) is 0 Å². The largest absolute Gasteiger partial charge is 0.456 e. The zero-order valence-corrected chi connectivity index (χ0v) is 17.8. The summed E-state index contributed by atoms with van der Waals surface area (Å²) in [5.74, 6) is 1.10. The van der Waals surface area contributed by atoms with Crippen molar-refractivity contribution in [2.75, 3.05) is 11.9 Å². The van der Waals surface area contributed by atoms with Gasteiger partial charge >= 0.3 is 5.97 Å². The van der Waals surface area contributed by atoms with Crippen LogP contribution in [0.3, 0.4) is 0 Å². The third-order valence-electron chi connectivity index (χ3n) is 4.51. The molecule has 0 saturated carbocycles. The second-order valence-electron chi connectivity index (χ2n) is 8.61. The molecule has 0 bridgehead atoms. The van der Waals surface area contributed by atoms with Gasteiger partial charge in [0.05, 0.1) is 11.1 Å². The Balaban J connectivity index is 2.00. The van der Waals surface area contributed by atoms with Gasteiger partial charge in [0, 0.05) is 11.9 Å². The van der Waals surface area contributed by atoms with Crippen LogP contribution in [-0.2, 0) is 4.74 Å². The fraction of sp³-hybridized carbons (Fsp3) is 0.375. The molecule has 2 aromatic carbocycles. The van der Waals surface area contributed by atoms with E-state index >= 15 is 0 Å². The summed E-state index contributed by atoms with van der Waals surface area (Å²) in [4.78, 5) is 21.5. The van der Waals surface area contributed by atoms with Crippen LogP contribution in [-0.4, -0.2) is 28.1 Å². The molecule has 0 aliphatic rings.